The van der Waals surface area contributed by atoms with Crippen LogP contribution in [0, 0.1) is 11.3 Å². The summed E-state index contributed by atoms with van der Waals surface area (Å²) in [5.41, 5.74) is 5.92. The molecule has 0 aliphatic carbocycles. The van der Waals surface area contributed by atoms with Gasteiger partial charge in [0.15, 0.2) is 0 Å². The largest absolute Gasteiger partial charge is 0.353 e. The van der Waals surface area contributed by atoms with Crippen LogP contribution in [0.1, 0.15) is 52.9 Å². The molecule has 0 saturated carbocycles. The van der Waals surface area contributed by atoms with Crippen molar-refractivity contribution < 1.29 is 4.79 Å². The van der Waals surface area contributed by atoms with Gasteiger partial charge < -0.3 is 11.1 Å². The molecule has 4 heteroatoms. The molecule has 3 nitrogen and oxygen atoms in total. The normalized spacial score (nSPS) is 22.0. The van der Waals surface area contributed by atoms with Gasteiger partial charge in [-0.25, -0.2) is 0 Å². The number of rotatable bonds is 6. The van der Waals surface area contributed by atoms with Crippen LogP contribution in [0.2, 0.25) is 0 Å². The molecule has 1 fully saturated rings. The van der Waals surface area contributed by atoms with Gasteiger partial charge >= 0.3 is 0 Å². The molecule has 3 N–H and O–H groups in total. The van der Waals surface area contributed by atoms with Crippen molar-refractivity contribution in [3.8, 4) is 0 Å². The van der Waals surface area contributed by atoms with Crippen molar-refractivity contribution >= 4 is 17.7 Å². The van der Waals surface area contributed by atoms with Crippen LogP contribution < -0.4 is 11.1 Å². The van der Waals surface area contributed by atoms with E-state index < -0.39 is 0 Å². The Morgan fingerprint density at radius 3 is 2.68 bits per heavy atom. The van der Waals surface area contributed by atoms with Gasteiger partial charge in [0.2, 0.25) is 5.91 Å². The number of hydrogen-bond donors (Lipinski definition) is 2. The van der Waals surface area contributed by atoms with Crippen LogP contribution in [0.3, 0.4) is 0 Å². The van der Waals surface area contributed by atoms with Crippen LogP contribution in [0.5, 0.6) is 0 Å². The highest BCUT2D eigenvalue weighted by atomic mass is 32.2. The fraction of sp³-hybridized carbons (Fsp3) is 0.933. The Morgan fingerprint density at radius 1 is 1.42 bits per heavy atom. The zero-order valence-electron chi connectivity index (χ0n) is 12.7. The number of nitrogens with two attached hydrogens (primary N) is 1. The van der Waals surface area contributed by atoms with Gasteiger partial charge in [-0.15, -0.1) is 0 Å². The minimum Gasteiger partial charge on any atom is -0.353 e. The first-order chi connectivity index (χ1) is 8.93. The van der Waals surface area contributed by atoms with Crippen molar-refractivity contribution in [1.82, 2.24) is 5.32 Å². The molecule has 1 aliphatic rings. The fourth-order valence-corrected chi connectivity index (χ4v) is 3.74. The summed E-state index contributed by atoms with van der Waals surface area (Å²) in [5, 5.41) is 3.18. The van der Waals surface area contributed by atoms with Gasteiger partial charge in [-0.3, -0.25) is 4.79 Å². The molecule has 0 radical (unpaired) electrons. The smallest absolute Gasteiger partial charge is 0.220 e. The highest BCUT2D eigenvalue weighted by Gasteiger charge is 2.25. The second kappa shape index (κ2) is 8.15. The highest BCUT2D eigenvalue weighted by molar-refractivity contribution is 7.99. The van der Waals surface area contributed by atoms with E-state index in [1.165, 1.54) is 12.2 Å². The zero-order valence-corrected chi connectivity index (χ0v) is 13.5. The number of carbonyl (C=O) groups excluding carboxylic acids is 1. The summed E-state index contributed by atoms with van der Waals surface area (Å²) in [6.07, 6.45) is 4.98. The lowest BCUT2D eigenvalue weighted by molar-refractivity contribution is -0.122. The predicted octanol–water partition coefficient (Wildman–Crippen LogP) is 2.79. The van der Waals surface area contributed by atoms with Crippen LogP contribution >= 0.6 is 11.8 Å². The topological polar surface area (TPSA) is 55.1 Å². The maximum Gasteiger partial charge on any atom is 0.220 e. The Labute approximate surface area is 122 Å². The molecule has 2 atom stereocenters. The third kappa shape index (κ3) is 6.66. The lowest BCUT2D eigenvalue weighted by atomic mass is 9.76. The van der Waals surface area contributed by atoms with Crippen LogP contribution in [0.15, 0.2) is 0 Å². The van der Waals surface area contributed by atoms with Crippen molar-refractivity contribution in [3.05, 3.63) is 0 Å². The average Bonchev–Trinajstić information content (AvgIpc) is 2.34. The quantitative estimate of drug-likeness (QED) is 0.789. The second-order valence-electron chi connectivity index (χ2n) is 6.66. The first-order valence-electron chi connectivity index (χ1n) is 7.50. The SMILES string of the molecule is CC(C)(C)C(CCN)CCC(=O)NC1CCCSC1. The molecule has 0 aromatic heterocycles. The Bertz CT molecular complexity index is 270. The van der Waals surface area contributed by atoms with Gasteiger partial charge in [0, 0.05) is 18.2 Å². The molecule has 0 bridgehead atoms. The molecule has 19 heavy (non-hydrogen) atoms. The van der Waals surface area contributed by atoms with Crippen molar-refractivity contribution in [1.29, 1.82) is 0 Å². The van der Waals surface area contributed by atoms with Crippen molar-refractivity contribution in [2.45, 2.75) is 58.9 Å². The number of thioether (sulfide) groups is 1. The molecule has 2 unspecified atom stereocenters. The standard InChI is InChI=1S/C15H30N2OS/c1-15(2,3)12(8-9-16)6-7-14(18)17-13-5-4-10-19-11-13/h12-13H,4-11,16H2,1-3H3,(H,17,18). The molecule has 1 aliphatic heterocycles. The Hall–Kier alpha value is -0.220. The van der Waals surface area contributed by atoms with E-state index in [2.05, 4.69) is 26.1 Å². The number of carbonyl (C=O) groups is 1. The summed E-state index contributed by atoms with van der Waals surface area (Å²) in [5.74, 6) is 3.08. The third-order valence-electron chi connectivity index (χ3n) is 3.99. The summed E-state index contributed by atoms with van der Waals surface area (Å²) in [6, 6.07) is 0.397. The van der Waals surface area contributed by atoms with Gasteiger partial charge in [0.05, 0.1) is 0 Å². The Kier molecular flexibility index (Phi) is 7.22. The third-order valence-corrected chi connectivity index (χ3v) is 5.20. The van der Waals surface area contributed by atoms with Gasteiger partial charge in [-0.05, 0) is 49.3 Å². The fourth-order valence-electron chi connectivity index (χ4n) is 2.67. The summed E-state index contributed by atoms with van der Waals surface area (Å²) in [7, 11) is 0. The molecular weight excluding hydrogens is 256 g/mol. The first-order valence-corrected chi connectivity index (χ1v) is 8.66. The predicted molar refractivity (Wildman–Crippen MR) is 84.3 cm³/mol. The van der Waals surface area contributed by atoms with E-state index in [0.29, 0.717) is 24.9 Å². The van der Waals surface area contributed by atoms with E-state index in [0.717, 1.165) is 25.0 Å². The Balaban J connectivity index is 2.30. The Morgan fingerprint density at radius 2 is 2.16 bits per heavy atom. The summed E-state index contributed by atoms with van der Waals surface area (Å²) in [6.45, 7) is 7.43. The van der Waals surface area contributed by atoms with Crippen molar-refractivity contribution in [2.75, 3.05) is 18.1 Å². The van der Waals surface area contributed by atoms with E-state index >= 15 is 0 Å². The average molecular weight is 286 g/mol. The summed E-state index contributed by atoms with van der Waals surface area (Å²) in [4.78, 5) is 12.0. The minimum atomic E-state index is 0.221. The second-order valence-corrected chi connectivity index (χ2v) is 7.81. The van der Waals surface area contributed by atoms with Crippen molar-refractivity contribution in [3.63, 3.8) is 0 Å². The van der Waals surface area contributed by atoms with Gasteiger partial charge in [-0.2, -0.15) is 11.8 Å². The minimum absolute atomic E-state index is 0.221. The molecular formula is C15H30N2OS. The maximum absolute atomic E-state index is 12.0. The van der Waals surface area contributed by atoms with Crippen LogP contribution in [0.4, 0.5) is 0 Å². The van der Waals surface area contributed by atoms with E-state index in [1.807, 2.05) is 11.8 Å². The molecule has 0 spiro atoms. The summed E-state index contributed by atoms with van der Waals surface area (Å²) < 4.78 is 0. The lowest BCUT2D eigenvalue weighted by Crippen LogP contribution is -2.38. The highest BCUT2D eigenvalue weighted by Crippen LogP contribution is 2.32. The van der Waals surface area contributed by atoms with E-state index in [9.17, 15) is 4.79 Å². The van der Waals surface area contributed by atoms with Crippen LogP contribution in [-0.4, -0.2) is 30.0 Å². The number of amides is 1. The monoisotopic (exact) mass is 286 g/mol. The van der Waals surface area contributed by atoms with Crippen molar-refractivity contribution in [2.24, 2.45) is 17.1 Å². The maximum atomic E-state index is 12.0. The lowest BCUT2D eigenvalue weighted by Gasteiger charge is -2.30. The molecule has 1 rings (SSSR count). The van der Waals surface area contributed by atoms with Crippen LogP contribution in [-0.2, 0) is 4.79 Å². The number of nitrogens with one attached hydrogen (secondary N) is 1. The molecule has 0 aromatic rings. The van der Waals surface area contributed by atoms with Gasteiger partial charge in [-0.1, -0.05) is 20.8 Å². The van der Waals surface area contributed by atoms with Gasteiger partial charge in [0.1, 0.15) is 0 Å². The van der Waals surface area contributed by atoms with E-state index in [1.54, 1.807) is 0 Å². The van der Waals surface area contributed by atoms with Crippen LogP contribution in [0.25, 0.3) is 0 Å². The molecule has 1 heterocycles. The number of hydrogen-bond acceptors (Lipinski definition) is 3. The summed E-state index contributed by atoms with van der Waals surface area (Å²) >= 11 is 1.95. The molecule has 0 aromatic carbocycles. The molecule has 112 valence electrons. The zero-order chi connectivity index (χ0) is 14.3. The van der Waals surface area contributed by atoms with E-state index in [4.69, 9.17) is 5.73 Å². The first kappa shape index (κ1) is 16.8. The van der Waals surface area contributed by atoms with E-state index in [-0.39, 0.29) is 11.3 Å². The van der Waals surface area contributed by atoms with Gasteiger partial charge in [0.25, 0.3) is 0 Å². The molecule has 1 amide bonds. The molecule has 1 saturated heterocycles.